The molecule has 1 amide bonds. The number of ether oxygens (including phenoxy) is 1. The Morgan fingerprint density at radius 1 is 0.507 bits per heavy atom. The van der Waals surface area contributed by atoms with Crippen LogP contribution in [-0.2, 0) is 27.9 Å². The molecule has 3 unspecified atom stereocenters. The number of nitrogens with zero attached hydrogens (tertiary/aromatic N) is 1. The van der Waals surface area contributed by atoms with Crippen molar-refractivity contribution in [3.05, 3.63) is 85.1 Å². The fourth-order valence-electron chi connectivity index (χ4n) is 7.88. The number of hydrogen-bond acceptors (Lipinski definition) is 7. The summed E-state index contributed by atoms with van der Waals surface area (Å²) in [5, 5.41) is 3.00. The lowest BCUT2D eigenvalue weighted by atomic mass is 10.0. The Morgan fingerprint density at radius 2 is 0.901 bits per heavy atom. The highest BCUT2D eigenvalue weighted by molar-refractivity contribution is 7.45. The molecule has 410 valence electrons. The minimum absolute atomic E-state index is 0.0318. The standard InChI is InChI=1S/C61H109N2O7P/c1-7-10-13-16-19-22-25-27-28-29-30-31-32-33-34-36-39-42-45-48-51-54-61(65)70-59(52-49-46-43-40-37-24-21-18-15-12-9-3)58(57-69-71(66,67)68-56-55-63(4,5)6)62-60(64)53-50-47-44-41-38-35-26-23-20-17-14-11-8-2/h10,13,19,22,27-28,30-31,33-34,39,42,49,52,58-59H,7-9,11-12,14-18,20-21,23-26,29,32,35-38,40-41,43-48,50-51,53-57H2,1-6H3,(H-,62,64,66,67)/b13-10-,22-19-,28-27-,31-30-,34-33-,42-39-,52-49+. The number of esters is 1. The molecule has 0 aromatic carbocycles. The highest BCUT2D eigenvalue weighted by Gasteiger charge is 2.27. The first kappa shape index (κ1) is 68.2. The first-order valence-electron chi connectivity index (χ1n) is 28.9. The van der Waals surface area contributed by atoms with Crippen molar-refractivity contribution in [3.8, 4) is 0 Å². The van der Waals surface area contributed by atoms with Crippen LogP contribution in [0.4, 0.5) is 0 Å². The maximum atomic E-state index is 13.5. The fourth-order valence-corrected chi connectivity index (χ4v) is 8.60. The van der Waals surface area contributed by atoms with E-state index in [1.54, 1.807) is 0 Å². The summed E-state index contributed by atoms with van der Waals surface area (Å²) in [6.45, 7) is 6.68. The van der Waals surface area contributed by atoms with Gasteiger partial charge in [0, 0.05) is 12.8 Å². The van der Waals surface area contributed by atoms with E-state index in [4.69, 9.17) is 13.8 Å². The van der Waals surface area contributed by atoms with Crippen molar-refractivity contribution in [2.24, 2.45) is 0 Å². The molecule has 0 aliphatic heterocycles. The van der Waals surface area contributed by atoms with Crippen LogP contribution in [0, 0.1) is 0 Å². The predicted octanol–water partition coefficient (Wildman–Crippen LogP) is 16.8. The van der Waals surface area contributed by atoms with Crippen LogP contribution < -0.4 is 10.2 Å². The van der Waals surface area contributed by atoms with Crippen molar-refractivity contribution < 1.29 is 37.3 Å². The van der Waals surface area contributed by atoms with Crippen LogP contribution in [0.1, 0.15) is 239 Å². The largest absolute Gasteiger partial charge is 0.756 e. The SMILES string of the molecule is CC/C=C\C/C=C\C/C=C\C/C=C\C/C=C\C/C=C\CCCCC(=O)OC(/C=C/CCCCCCCCCCC)C(COP(=O)([O-])OCC[N+](C)(C)C)NC(=O)CCCCCCCCCCCCCCC. The summed E-state index contributed by atoms with van der Waals surface area (Å²) in [7, 11) is 1.15. The van der Waals surface area contributed by atoms with E-state index >= 15 is 0 Å². The second-order valence-electron chi connectivity index (χ2n) is 20.4. The molecule has 0 spiro atoms. The molecular formula is C61H109N2O7P. The number of rotatable bonds is 51. The molecule has 71 heavy (non-hydrogen) atoms. The van der Waals surface area contributed by atoms with Gasteiger partial charge in [0.05, 0.1) is 33.8 Å². The fraction of sp³-hybridized carbons (Fsp3) is 0.738. The second-order valence-corrected chi connectivity index (χ2v) is 21.8. The number of hydrogen-bond donors (Lipinski definition) is 1. The monoisotopic (exact) mass is 1010 g/mol. The number of quaternary nitrogens is 1. The third-order valence-electron chi connectivity index (χ3n) is 12.3. The zero-order valence-electron chi connectivity index (χ0n) is 46.7. The van der Waals surface area contributed by atoms with Gasteiger partial charge in [0.1, 0.15) is 19.3 Å². The van der Waals surface area contributed by atoms with E-state index in [1.165, 1.54) is 109 Å². The van der Waals surface area contributed by atoms with Gasteiger partial charge in [-0.05, 0) is 83.1 Å². The number of carbonyl (C=O) groups excluding carboxylic acids is 2. The van der Waals surface area contributed by atoms with Crippen LogP contribution in [0.25, 0.3) is 0 Å². The Bertz CT molecular complexity index is 1490. The average molecular weight is 1010 g/mol. The molecule has 0 saturated carbocycles. The number of allylic oxidation sites excluding steroid dienone is 13. The average Bonchev–Trinajstić information content (AvgIpc) is 3.33. The molecule has 1 N–H and O–H groups in total. The predicted molar refractivity (Wildman–Crippen MR) is 302 cm³/mol. The van der Waals surface area contributed by atoms with Crippen LogP contribution in [0.2, 0.25) is 0 Å². The van der Waals surface area contributed by atoms with Gasteiger partial charge in [0.25, 0.3) is 7.82 Å². The molecule has 3 atom stereocenters. The molecule has 0 rings (SSSR count). The molecule has 0 bridgehead atoms. The summed E-state index contributed by atoms with van der Waals surface area (Å²) < 4.78 is 30.2. The number of carbonyl (C=O) groups is 2. The lowest BCUT2D eigenvalue weighted by molar-refractivity contribution is -0.870. The van der Waals surface area contributed by atoms with Crippen molar-refractivity contribution in [1.82, 2.24) is 5.32 Å². The van der Waals surface area contributed by atoms with Crippen LogP contribution in [-0.4, -0.2) is 69.4 Å². The highest BCUT2D eigenvalue weighted by Crippen LogP contribution is 2.38. The molecule has 0 aliphatic carbocycles. The van der Waals surface area contributed by atoms with Gasteiger partial charge in [-0.25, -0.2) is 0 Å². The molecule has 0 aliphatic rings. The van der Waals surface area contributed by atoms with E-state index in [-0.39, 0.29) is 24.9 Å². The summed E-state index contributed by atoms with van der Waals surface area (Å²) in [5.41, 5.74) is 0. The molecular weight excluding hydrogens is 904 g/mol. The summed E-state index contributed by atoms with van der Waals surface area (Å²) >= 11 is 0. The third-order valence-corrected chi connectivity index (χ3v) is 13.3. The van der Waals surface area contributed by atoms with Gasteiger partial charge in [-0.15, -0.1) is 0 Å². The number of phosphoric acid groups is 1. The quantitative estimate of drug-likeness (QED) is 0.0212. The van der Waals surface area contributed by atoms with Crippen molar-refractivity contribution in [2.75, 3.05) is 40.9 Å². The summed E-state index contributed by atoms with van der Waals surface area (Å²) in [6.07, 6.45) is 65.5. The Kier molecular flexibility index (Phi) is 48.7. The molecule has 0 saturated heterocycles. The van der Waals surface area contributed by atoms with Crippen molar-refractivity contribution in [1.29, 1.82) is 0 Å². The third kappa shape index (κ3) is 51.9. The molecule has 0 radical (unpaired) electrons. The molecule has 10 heteroatoms. The van der Waals surface area contributed by atoms with Crippen molar-refractivity contribution in [3.63, 3.8) is 0 Å². The summed E-state index contributed by atoms with van der Waals surface area (Å²) in [6, 6.07) is -0.907. The smallest absolute Gasteiger partial charge is 0.306 e. The topological polar surface area (TPSA) is 114 Å². The van der Waals surface area contributed by atoms with E-state index < -0.39 is 26.6 Å². The number of phosphoric ester groups is 1. The Morgan fingerprint density at radius 3 is 1.37 bits per heavy atom. The summed E-state index contributed by atoms with van der Waals surface area (Å²) in [4.78, 5) is 39.8. The highest BCUT2D eigenvalue weighted by atomic mass is 31.2. The lowest BCUT2D eigenvalue weighted by Crippen LogP contribution is -2.47. The van der Waals surface area contributed by atoms with E-state index in [0.29, 0.717) is 23.9 Å². The molecule has 0 fully saturated rings. The Balaban J connectivity index is 5.36. The number of nitrogens with one attached hydrogen (secondary N) is 1. The van der Waals surface area contributed by atoms with Gasteiger partial charge >= 0.3 is 5.97 Å². The first-order chi connectivity index (χ1) is 34.4. The maximum Gasteiger partial charge on any atom is 0.306 e. The Labute approximate surface area is 437 Å². The van der Waals surface area contributed by atoms with Gasteiger partial charge in [-0.3, -0.25) is 14.2 Å². The lowest BCUT2D eigenvalue weighted by Gasteiger charge is -2.30. The van der Waals surface area contributed by atoms with Crippen molar-refractivity contribution >= 4 is 19.7 Å². The zero-order valence-corrected chi connectivity index (χ0v) is 47.5. The molecule has 0 aromatic heterocycles. The van der Waals surface area contributed by atoms with E-state index in [0.717, 1.165) is 89.9 Å². The minimum atomic E-state index is -4.70. The van der Waals surface area contributed by atoms with Crippen LogP contribution >= 0.6 is 7.82 Å². The first-order valence-corrected chi connectivity index (χ1v) is 30.4. The molecule has 9 nitrogen and oxygen atoms in total. The van der Waals surface area contributed by atoms with Gasteiger partial charge in [0.15, 0.2) is 0 Å². The van der Waals surface area contributed by atoms with E-state index in [2.05, 4.69) is 99.0 Å². The van der Waals surface area contributed by atoms with Crippen molar-refractivity contribution in [2.45, 2.75) is 251 Å². The van der Waals surface area contributed by atoms with E-state index in [9.17, 15) is 19.0 Å². The van der Waals surface area contributed by atoms with Gasteiger partial charge in [-0.1, -0.05) is 228 Å². The molecule has 0 aromatic rings. The minimum Gasteiger partial charge on any atom is -0.756 e. The van der Waals surface area contributed by atoms with E-state index in [1.807, 2.05) is 33.3 Å². The number of likely N-dealkylation sites (N-methyl/N-ethyl adjacent to an activating group) is 1. The maximum absolute atomic E-state index is 13.5. The van der Waals surface area contributed by atoms with Crippen LogP contribution in [0.3, 0.4) is 0 Å². The zero-order chi connectivity index (χ0) is 52.2. The molecule has 0 heterocycles. The van der Waals surface area contributed by atoms with Gasteiger partial charge in [-0.2, -0.15) is 0 Å². The Hall–Kier alpha value is -2.81. The van der Waals surface area contributed by atoms with Crippen LogP contribution in [0.5, 0.6) is 0 Å². The number of amides is 1. The van der Waals surface area contributed by atoms with Gasteiger partial charge < -0.3 is 28.5 Å². The van der Waals surface area contributed by atoms with Crippen LogP contribution in [0.15, 0.2) is 85.1 Å². The number of unbranched alkanes of at least 4 members (excludes halogenated alkanes) is 23. The summed E-state index contributed by atoms with van der Waals surface area (Å²) in [5.74, 6) is -0.594. The normalized spacial score (nSPS) is 14.4. The second kappa shape index (κ2) is 50.7. The van der Waals surface area contributed by atoms with Gasteiger partial charge in [0.2, 0.25) is 5.91 Å².